The Morgan fingerprint density at radius 2 is 1.95 bits per heavy atom. The van der Waals surface area contributed by atoms with Gasteiger partial charge in [0.25, 0.3) is 0 Å². The van der Waals surface area contributed by atoms with Gasteiger partial charge in [-0.15, -0.1) is 0 Å². The van der Waals surface area contributed by atoms with Gasteiger partial charge in [0.05, 0.1) is 0 Å². The van der Waals surface area contributed by atoms with Gasteiger partial charge in [-0.1, -0.05) is 19.9 Å². The Hall–Kier alpha value is -1.35. The van der Waals surface area contributed by atoms with Crippen LogP contribution in [0.3, 0.4) is 0 Å². The zero-order valence-corrected chi connectivity index (χ0v) is 11.8. The molecule has 0 amide bonds. The molecular weight excluding hydrogens is 236 g/mol. The summed E-state index contributed by atoms with van der Waals surface area (Å²) in [6, 6.07) is 6.22. The largest absolute Gasteiger partial charge is 0.443 e. The third-order valence-corrected chi connectivity index (χ3v) is 4.55. The molecule has 0 unspecified atom stereocenters. The average Bonchev–Trinajstić information content (AvgIpc) is 2.81. The molecule has 3 rings (SSSR count). The summed E-state index contributed by atoms with van der Waals surface area (Å²) in [7, 11) is 0. The maximum atomic E-state index is 6.59. The molecule has 3 nitrogen and oxygen atoms in total. The van der Waals surface area contributed by atoms with E-state index in [1.54, 1.807) is 0 Å². The molecule has 1 fully saturated rings. The van der Waals surface area contributed by atoms with Crippen LogP contribution in [0.4, 0.5) is 0 Å². The first kappa shape index (κ1) is 12.7. The molecule has 0 aliphatic heterocycles. The highest BCUT2D eigenvalue weighted by atomic mass is 16.3. The maximum absolute atomic E-state index is 6.59. The predicted octanol–water partition coefficient (Wildman–Crippen LogP) is 3.67. The quantitative estimate of drug-likeness (QED) is 0.894. The first-order valence-electron chi connectivity index (χ1n) is 7.07. The van der Waals surface area contributed by atoms with Gasteiger partial charge in [-0.05, 0) is 55.2 Å². The molecular formula is C16H22N2O. The number of hydrogen-bond donors (Lipinski definition) is 1. The summed E-state index contributed by atoms with van der Waals surface area (Å²) in [4.78, 5) is 4.15. The second-order valence-electron chi connectivity index (χ2n) is 6.86. The molecule has 1 saturated carbocycles. The van der Waals surface area contributed by atoms with Crippen molar-refractivity contribution in [2.75, 3.05) is 0 Å². The zero-order valence-electron chi connectivity index (χ0n) is 11.8. The Balaban J connectivity index is 1.77. The Kier molecular flexibility index (Phi) is 2.90. The van der Waals surface area contributed by atoms with Gasteiger partial charge in [-0.3, -0.25) is 0 Å². The minimum absolute atomic E-state index is 0.0524. The number of nitrogens with zero attached hydrogens (tertiary/aromatic N) is 1. The van der Waals surface area contributed by atoms with Crippen LogP contribution in [0.15, 0.2) is 29.0 Å². The second-order valence-corrected chi connectivity index (χ2v) is 6.86. The third-order valence-electron chi connectivity index (χ3n) is 4.55. The molecule has 2 N–H and O–H groups in total. The minimum atomic E-state index is -0.0524. The van der Waals surface area contributed by atoms with Gasteiger partial charge in [0.2, 0.25) is 0 Å². The lowest BCUT2D eigenvalue weighted by atomic mass is 9.68. The van der Waals surface area contributed by atoms with Gasteiger partial charge < -0.3 is 10.2 Å². The lowest BCUT2D eigenvalue weighted by Crippen LogP contribution is -2.46. The van der Waals surface area contributed by atoms with Crippen molar-refractivity contribution in [1.82, 2.24) is 4.98 Å². The number of oxazole rings is 1. The van der Waals surface area contributed by atoms with Gasteiger partial charge in [0.1, 0.15) is 5.52 Å². The summed E-state index contributed by atoms with van der Waals surface area (Å²) >= 11 is 0. The molecule has 2 aromatic rings. The van der Waals surface area contributed by atoms with Gasteiger partial charge in [-0.25, -0.2) is 4.98 Å². The Labute approximate surface area is 114 Å². The van der Waals surface area contributed by atoms with Gasteiger partial charge in [0.15, 0.2) is 12.0 Å². The van der Waals surface area contributed by atoms with Crippen molar-refractivity contribution in [1.29, 1.82) is 0 Å². The molecule has 1 aromatic heterocycles. The van der Waals surface area contributed by atoms with Gasteiger partial charge in [0, 0.05) is 5.54 Å². The van der Waals surface area contributed by atoms with Gasteiger partial charge >= 0.3 is 0 Å². The van der Waals surface area contributed by atoms with Crippen molar-refractivity contribution >= 4 is 11.1 Å². The maximum Gasteiger partial charge on any atom is 0.181 e. The topological polar surface area (TPSA) is 52.0 Å². The number of nitrogens with two attached hydrogens (primary N) is 1. The normalized spacial score (nSPS) is 21.6. The Morgan fingerprint density at radius 3 is 2.68 bits per heavy atom. The molecule has 0 spiro atoms. The monoisotopic (exact) mass is 258 g/mol. The number of benzene rings is 1. The molecule has 0 radical (unpaired) electrons. The summed E-state index contributed by atoms with van der Waals surface area (Å²) < 4.78 is 5.36. The minimum Gasteiger partial charge on any atom is -0.443 e. The van der Waals surface area contributed by atoms with E-state index in [1.165, 1.54) is 24.8 Å². The van der Waals surface area contributed by atoms with Crippen LogP contribution in [-0.2, 0) is 6.42 Å². The zero-order chi connectivity index (χ0) is 13.5. The van der Waals surface area contributed by atoms with Crippen molar-refractivity contribution in [2.45, 2.75) is 51.5 Å². The van der Waals surface area contributed by atoms with Crippen molar-refractivity contribution in [2.24, 2.45) is 11.1 Å². The molecule has 0 bridgehead atoms. The summed E-state index contributed by atoms with van der Waals surface area (Å²) in [5.74, 6) is 0. The molecule has 19 heavy (non-hydrogen) atoms. The Bertz CT molecular complexity index is 575. The SMILES string of the molecule is CC1(C)CCC(N)(Cc2ccc3ncoc3c2)CC1. The fraction of sp³-hybridized carbons (Fsp3) is 0.562. The lowest BCUT2D eigenvalue weighted by Gasteiger charge is -2.41. The summed E-state index contributed by atoms with van der Waals surface area (Å²) in [6.45, 7) is 4.68. The molecule has 102 valence electrons. The number of fused-ring (bicyclic) bond motifs is 1. The van der Waals surface area contributed by atoms with E-state index in [0.29, 0.717) is 5.41 Å². The number of aromatic nitrogens is 1. The average molecular weight is 258 g/mol. The van der Waals surface area contributed by atoms with Gasteiger partial charge in [-0.2, -0.15) is 0 Å². The van der Waals surface area contributed by atoms with E-state index in [-0.39, 0.29) is 5.54 Å². The van der Waals surface area contributed by atoms with Crippen molar-refractivity contribution in [3.63, 3.8) is 0 Å². The van der Waals surface area contributed by atoms with E-state index in [4.69, 9.17) is 10.2 Å². The van der Waals surface area contributed by atoms with Crippen LogP contribution in [0.25, 0.3) is 11.1 Å². The second kappa shape index (κ2) is 4.34. The summed E-state index contributed by atoms with van der Waals surface area (Å²) in [6.07, 6.45) is 7.07. The van der Waals surface area contributed by atoms with Crippen molar-refractivity contribution in [3.8, 4) is 0 Å². The fourth-order valence-electron chi connectivity index (χ4n) is 3.02. The van der Waals surface area contributed by atoms with Crippen LogP contribution in [0.5, 0.6) is 0 Å². The van der Waals surface area contributed by atoms with Crippen LogP contribution < -0.4 is 5.73 Å². The first-order valence-corrected chi connectivity index (χ1v) is 7.07. The van der Waals surface area contributed by atoms with Crippen molar-refractivity contribution < 1.29 is 4.42 Å². The first-order chi connectivity index (χ1) is 8.96. The van der Waals surface area contributed by atoms with E-state index in [9.17, 15) is 0 Å². The summed E-state index contributed by atoms with van der Waals surface area (Å²) in [5.41, 5.74) is 10.0. The molecule has 1 heterocycles. The van der Waals surface area contributed by atoms with Crippen LogP contribution in [0.2, 0.25) is 0 Å². The van der Waals surface area contributed by atoms with E-state index in [2.05, 4.69) is 31.0 Å². The molecule has 0 saturated heterocycles. The van der Waals surface area contributed by atoms with Crippen LogP contribution in [-0.4, -0.2) is 10.5 Å². The highest BCUT2D eigenvalue weighted by Gasteiger charge is 2.35. The molecule has 1 aromatic carbocycles. The van der Waals surface area contributed by atoms with E-state index >= 15 is 0 Å². The standard InChI is InChI=1S/C16H22N2O/c1-15(2)5-7-16(17,8-6-15)10-12-3-4-13-14(9-12)19-11-18-13/h3-4,9,11H,5-8,10,17H2,1-2H3. The third kappa shape index (κ3) is 2.66. The van der Waals surface area contributed by atoms with E-state index < -0.39 is 0 Å². The number of rotatable bonds is 2. The van der Waals surface area contributed by atoms with Crippen LogP contribution in [0, 0.1) is 5.41 Å². The van der Waals surface area contributed by atoms with E-state index in [0.717, 1.165) is 30.4 Å². The highest BCUT2D eigenvalue weighted by molar-refractivity contribution is 5.72. The molecule has 3 heteroatoms. The number of hydrogen-bond acceptors (Lipinski definition) is 3. The lowest BCUT2D eigenvalue weighted by molar-refractivity contribution is 0.164. The Morgan fingerprint density at radius 1 is 1.21 bits per heavy atom. The summed E-state index contributed by atoms with van der Waals surface area (Å²) in [5, 5.41) is 0. The smallest absolute Gasteiger partial charge is 0.181 e. The predicted molar refractivity (Wildman–Crippen MR) is 76.9 cm³/mol. The van der Waals surface area contributed by atoms with E-state index in [1.807, 2.05) is 6.07 Å². The van der Waals surface area contributed by atoms with Crippen LogP contribution in [0.1, 0.15) is 45.1 Å². The molecule has 0 atom stereocenters. The van der Waals surface area contributed by atoms with Crippen LogP contribution >= 0.6 is 0 Å². The fourth-order valence-corrected chi connectivity index (χ4v) is 3.02. The molecule has 1 aliphatic carbocycles. The molecule has 1 aliphatic rings. The van der Waals surface area contributed by atoms with Crippen molar-refractivity contribution in [3.05, 3.63) is 30.2 Å². The highest BCUT2D eigenvalue weighted by Crippen LogP contribution is 2.40.